The van der Waals surface area contributed by atoms with Gasteiger partial charge >= 0.3 is 0 Å². The highest BCUT2D eigenvalue weighted by molar-refractivity contribution is 7.89. The van der Waals surface area contributed by atoms with E-state index >= 15 is 0 Å². The molecule has 172 valence electrons. The number of ether oxygens (including phenoxy) is 1. The Morgan fingerprint density at radius 2 is 1.84 bits per heavy atom. The smallest absolute Gasteiger partial charge is 0.242 e. The number of rotatable bonds is 7. The summed E-state index contributed by atoms with van der Waals surface area (Å²) in [5, 5.41) is 2.78. The average molecular weight is 460 g/mol. The Morgan fingerprint density at radius 1 is 1.12 bits per heavy atom. The van der Waals surface area contributed by atoms with Crippen LogP contribution in [0.1, 0.15) is 31.9 Å². The van der Waals surface area contributed by atoms with Crippen molar-refractivity contribution in [1.29, 1.82) is 0 Å². The first-order valence-corrected chi connectivity index (χ1v) is 11.9. The highest BCUT2D eigenvalue weighted by Gasteiger charge is 2.30. The Balaban J connectivity index is 1.83. The molecule has 0 aliphatic carbocycles. The molecule has 1 unspecified atom stereocenters. The Labute approximate surface area is 189 Å². The second kappa shape index (κ2) is 9.30. The van der Waals surface area contributed by atoms with E-state index in [1.165, 1.54) is 20.1 Å². The van der Waals surface area contributed by atoms with Crippen LogP contribution < -0.4 is 19.7 Å². The zero-order chi connectivity index (χ0) is 23.6. The van der Waals surface area contributed by atoms with Gasteiger partial charge in [-0.15, -0.1) is 0 Å². The number of methoxy groups -OCH3 is 1. The van der Waals surface area contributed by atoms with Crippen LogP contribution in [0.2, 0.25) is 0 Å². The summed E-state index contributed by atoms with van der Waals surface area (Å²) in [5.74, 6) is -0.372. The van der Waals surface area contributed by atoms with Crippen LogP contribution in [0.15, 0.2) is 41.3 Å². The number of carbonyl (C=O) groups excluding carboxylic acids is 2. The molecule has 0 saturated carbocycles. The van der Waals surface area contributed by atoms with Gasteiger partial charge < -0.3 is 15.0 Å². The van der Waals surface area contributed by atoms with E-state index in [1.807, 2.05) is 13.0 Å². The van der Waals surface area contributed by atoms with Crippen molar-refractivity contribution >= 4 is 33.2 Å². The molecule has 2 amide bonds. The van der Waals surface area contributed by atoms with Crippen molar-refractivity contribution in [3.63, 3.8) is 0 Å². The molecule has 1 atom stereocenters. The molecule has 1 aliphatic heterocycles. The third kappa shape index (κ3) is 4.94. The Kier molecular flexibility index (Phi) is 6.90. The standard InChI is InChI=1S/C23H29N3O5S/c1-14(2)22(23(28)24-19-12-15(3)6-9-21(19)31-5)25-32(29,30)18-7-8-20-17(13-18)10-11-26(20)16(4)27/h6-9,12-14,22,25H,10-11H2,1-5H3,(H,24,28). The van der Waals surface area contributed by atoms with Crippen molar-refractivity contribution in [2.75, 3.05) is 23.9 Å². The molecular formula is C23H29N3O5S. The summed E-state index contributed by atoms with van der Waals surface area (Å²) >= 11 is 0. The molecule has 0 radical (unpaired) electrons. The van der Waals surface area contributed by atoms with Crippen LogP contribution in [0.3, 0.4) is 0 Å². The van der Waals surface area contributed by atoms with Crippen LogP contribution in [0.25, 0.3) is 0 Å². The number of nitrogens with zero attached hydrogens (tertiary/aromatic N) is 1. The molecule has 0 fully saturated rings. The van der Waals surface area contributed by atoms with Gasteiger partial charge in [0, 0.05) is 19.2 Å². The van der Waals surface area contributed by atoms with E-state index in [0.29, 0.717) is 24.4 Å². The number of anilines is 2. The summed E-state index contributed by atoms with van der Waals surface area (Å²) in [6.07, 6.45) is 0.583. The fourth-order valence-electron chi connectivity index (χ4n) is 3.73. The van der Waals surface area contributed by atoms with Gasteiger partial charge in [0.2, 0.25) is 21.8 Å². The van der Waals surface area contributed by atoms with E-state index in [-0.39, 0.29) is 16.7 Å². The number of fused-ring (bicyclic) bond motifs is 1. The molecule has 0 aromatic heterocycles. The van der Waals surface area contributed by atoms with Crippen molar-refractivity contribution in [2.45, 2.75) is 45.1 Å². The van der Waals surface area contributed by atoms with Crippen LogP contribution in [-0.2, 0) is 26.0 Å². The lowest BCUT2D eigenvalue weighted by Crippen LogP contribution is -2.47. The van der Waals surface area contributed by atoms with Crippen LogP contribution in [-0.4, -0.2) is 39.9 Å². The van der Waals surface area contributed by atoms with Gasteiger partial charge in [0.25, 0.3) is 0 Å². The highest BCUT2D eigenvalue weighted by atomic mass is 32.2. The first-order chi connectivity index (χ1) is 15.0. The topological polar surface area (TPSA) is 105 Å². The second-order valence-electron chi connectivity index (χ2n) is 8.25. The zero-order valence-electron chi connectivity index (χ0n) is 18.9. The van der Waals surface area contributed by atoms with Crippen molar-refractivity contribution in [1.82, 2.24) is 4.72 Å². The fraction of sp³-hybridized carbons (Fsp3) is 0.391. The number of benzene rings is 2. The minimum atomic E-state index is -3.97. The van der Waals surface area contributed by atoms with Gasteiger partial charge in [-0.25, -0.2) is 8.42 Å². The Bertz CT molecular complexity index is 1140. The molecule has 32 heavy (non-hydrogen) atoms. The number of aryl methyl sites for hydroxylation is 1. The van der Waals surface area contributed by atoms with E-state index < -0.39 is 22.0 Å². The largest absolute Gasteiger partial charge is 0.495 e. The third-order valence-electron chi connectivity index (χ3n) is 5.48. The molecule has 0 spiro atoms. The van der Waals surface area contributed by atoms with Crippen LogP contribution in [0.4, 0.5) is 11.4 Å². The Hall–Kier alpha value is -2.91. The van der Waals surface area contributed by atoms with Crippen LogP contribution in [0, 0.1) is 12.8 Å². The lowest BCUT2D eigenvalue weighted by molar-refractivity contribution is -0.118. The van der Waals surface area contributed by atoms with E-state index in [4.69, 9.17) is 4.74 Å². The van der Waals surface area contributed by atoms with Gasteiger partial charge in [-0.3, -0.25) is 9.59 Å². The molecule has 1 aliphatic rings. The third-order valence-corrected chi connectivity index (χ3v) is 6.92. The number of hydrogen-bond acceptors (Lipinski definition) is 5. The second-order valence-corrected chi connectivity index (χ2v) is 9.96. The molecule has 0 bridgehead atoms. The SMILES string of the molecule is COc1ccc(C)cc1NC(=O)C(NS(=O)(=O)c1ccc2c(c1)CCN2C(C)=O)C(C)C. The molecule has 2 aromatic rings. The maximum Gasteiger partial charge on any atom is 0.242 e. The molecular weight excluding hydrogens is 430 g/mol. The predicted octanol–water partition coefficient (Wildman–Crippen LogP) is 2.85. The fourth-order valence-corrected chi connectivity index (χ4v) is 5.12. The Morgan fingerprint density at radius 3 is 2.47 bits per heavy atom. The van der Waals surface area contributed by atoms with E-state index in [2.05, 4.69) is 10.0 Å². The molecule has 8 nitrogen and oxygen atoms in total. The number of carbonyl (C=O) groups is 2. The number of amides is 2. The summed E-state index contributed by atoms with van der Waals surface area (Å²) in [7, 11) is -2.47. The van der Waals surface area contributed by atoms with Gasteiger partial charge in [-0.2, -0.15) is 4.72 Å². The first-order valence-electron chi connectivity index (χ1n) is 10.4. The molecule has 3 rings (SSSR count). The molecule has 2 aromatic carbocycles. The maximum absolute atomic E-state index is 13.1. The number of nitrogens with one attached hydrogen (secondary N) is 2. The van der Waals surface area contributed by atoms with Gasteiger partial charge in [0.1, 0.15) is 11.8 Å². The number of sulfonamides is 1. The minimum absolute atomic E-state index is 0.0632. The highest BCUT2D eigenvalue weighted by Crippen LogP contribution is 2.30. The van der Waals surface area contributed by atoms with Gasteiger partial charge in [-0.05, 0) is 60.7 Å². The molecule has 2 N–H and O–H groups in total. The van der Waals surface area contributed by atoms with Crippen LogP contribution >= 0.6 is 0 Å². The van der Waals surface area contributed by atoms with Gasteiger partial charge in [-0.1, -0.05) is 19.9 Å². The van der Waals surface area contributed by atoms with Gasteiger partial charge in [0.05, 0.1) is 17.7 Å². The minimum Gasteiger partial charge on any atom is -0.495 e. The summed E-state index contributed by atoms with van der Waals surface area (Å²) in [4.78, 5) is 26.4. The molecule has 1 heterocycles. The van der Waals surface area contributed by atoms with Crippen molar-refractivity contribution in [3.8, 4) is 5.75 Å². The monoisotopic (exact) mass is 459 g/mol. The average Bonchev–Trinajstić information content (AvgIpc) is 3.15. The summed E-state index contributed by atoms with van der Waals surface area (Å²) in [6, 6.07) is 9.05. The summed E-state index contributed by atoms with van der Waals surface area (Å²) < 4.78 is 34.0. The first kappa shape index (κ1) is 23.7. The summed E-state index contributed by atoms with van der Waals surface area (Å²) in [6.45, 7) is 7.44. The number of hydrogen-bond donors (Lipinski definition) is 2. The lowest BCUT2D eigenvalue weighted by Gasteiger charge is -2.22. The van der Waals surface area contributed by atoms with E-state index in [0.717, 1.165) is 16.8 Å². The van der Waals surface area contributed by atoms with Crippen molar-refractivity contribution < 1.29 is 22.7 Å². The lowest BCUT2D eigenvalue weighted by atomic mass is 10.0. The van der Waals surface area contributed by atoms with Crippen molar-refractivity contribution in [2.24, 2.45) is 5.92 Å². The molecule has 0 saturated heterocycles. The van der Waals surface area contributed by atoms with Crippen molar-refractivity contribution in [3.05, 3.63) is 47.5 Å². The van der Waals surface area contributed by atoms with Crippen LogP contribution in [0.5, 0.6) is 5.75 Å². The van der Waals surface area contributed by atoms with E-state index in [9.17, 15) is 18.0 Å². The van der Waals surface area contributed by atoms with Gasteiger partial charge in [0.15, 0.2) is 0 Å². The zero-order valence-corrected chi connectivity index (χ0v) is 19.7. The quantitative estimate of drug-likeness (QED) is 0.663. The molecule has 9 heteroatoms. The van der Waals surface area contributed by atoms with E-state index in [1.54, 1.807) is 43.0 Å². The normalized spacial score (nSPS) is 14.2. The maximum atomic E-state index is 13.1. The summed E-state index contributed by atoms with van der Waals surface area (Å²) in [5.41, 5.74) is 2.92. The predicted molar refractivity (Wildman–Crippen MR) is 123 cm³/mol.